The van der Waals surface area contributed by atoms with Crippen LogP contribution in [-0.2, 0) is 6.67 Å². The smallest absolute Gasteiger partial charge is 0.116 e. The van der Waals surface area contributed by atoms with Gasteiger partial charge in [-0.1, -0.05) is 17.3 Å². The molecule has 1 N–H and O–H groups in total. The van der Waals surface area contributed by atoms with E-state index in [1.54, 1.807) is 13.4 Å². The van der Waals surface area contributed by atoms with Crippen LogP contribution >= 0.6 is 0 Å². The molecular formula is C10H13N5. The summed E-state index contributed by atoms with van der Waals surface area (Å²) in [6.07, 6.45) is 1.64. The van der Waals surface area contributed by atoms with Crippen molar-refractivity contribution in [3.05, 3.63) is 23.8 Å². The molecule has 0 radical (unpaired) electrons. The fourth-order valence-electron chi connectivity index (χ4n) is 1.46. The van der Waals surface area contributed by atoms with Crippen LogP contribution in [0.1, 0.15) is 5.56 Å². The molecule has 0 bridgehead atoms. The fraction of sp³-hybridized carbons (Fsp3) is 0.300. The zero-order valence-electron chi connectivity index (χ0n) is 8.81. The number of fused-ring (bicyclic) bond motifs is 1. The summed E-state index contributed by atoms with van der Waals surface area (Å²) in [5.74, 6) is 0. The van der Waals surface area contributed by atoms with Crippen molar-refractivity contribution in [3.63, 3.8) is 0 Å². The van der Waals surface area contributed by atoms with E-state index in [1.165, 1.54) is 0 Å². The van der Waals surface area contributed by atoms with Crippen LogP contribution in [0.2, 0.25) is 0 Å². The van der Waals surface area contributed by atoms with Crippen LogP contribution in [-0.4, -0.2) is 28.4 Å². The Balaban J connectivity index is 2.32. The van der Waals surface area contributed by atoms with Crippen molar-refractivity contribution in [2.24, 2.45) is 4.99 Å². The van der Waals surface area contributed by atoms with Gasteiger partial charge in [0.25, 0.3) is 0 Å². The summed E-state index contributed by atoms with van der Waals surface area (Å²) >= 11 is 0. The monoisotopic (exact) mass is 203 g/mol. The molecule has 5 nitrogen and oxygen atoms in total. The summed E-state index contributed by atoms with van der Waals surface area (Å²) in [6.45, 7) is 2.61. The van der Waals surface area contributed by atoms with Crippen molar-refractivity contribution < 1.29 is 0 Å². The number of aromatic nitrogens is 3. The Labute approximate surface area is 87.8 Å². The molecule has 0 fully saturated rings. The molecule has 0 aliphatic heterocycles. The van der Waals surface area contributed by atoms with E-state index in [1.807, 2.05) is 29.8 Å². The first kappa shape index (κ1) is 9.64. The average molecular weight is 203 g/mol. The van der Waals surface area contributed by atoms with Crippen molar-refractivity contribution >= 4 is 17.4 Å². The molecule has 0 atom stereocenters. The van der Waals surface area contributed by atoms with Crippen LogP contribution in [0.25, 0.3) is 11.0 Å². The zero-order valence-corrected chi connectivity index (χ0v) is 8.81. The van der Waals surface area contributed by atoms with Gasteiger partial charge in [0.1, 0.15) is 12.2 Å². The van der Waals surface area contributed by atoms with Gasteiger partial charge in [-0.2, -0.15) is 0 Å². The van der Waals surface area contributed by atoms with E-state index in [0.29, 0.717) is 6.67 Å². The van der Waals surface area contributed by atoms with Crippen molar-refractivity contribution in [1.29, 1.82) is 0 Å². The van der Waals surface area contributed by atoms with Gasteiger partial charge in [-0.3, -0.25) is 4.99 Å². The van der Waals surface area contributed by atoms with E-state index in [2.05, 4.69) is 20.6 Å². The molecule has 2 rings (SSSR count). The van der Waals surface area contributed by atoms with E-state index >= 15 is 0 Å². The van der Waals surface area contributed by atoms with Crippen molar-refractivity contribution in [3.8, 4) is 0 Å². The van der Waals surface area contributed by atoms with Gasteiger partial charge in [-0.05, 0) is 18.6 Å². The topological polar surface area (TPSA) is 55.1 Å². The summed E-state index contributed by atoms with van der Waals surface area (Å²) in [4.78, 5) is 3.84. The van der Waals surface area contributed by atoms with E-state index in [4.69, 9.17) is 0 Å². The molecule has 1 heterocycles. The number of hydrogen-bond acceptors (Lipinski definition) is 3. The molecule has 0 amide bonds. The van der Waals surface area contributed by atoms with Gasteiger partial charge in [0, 0.05) is 7.05 Å². The molecule has 1 aromatic carbocycles. The third-order valence-electron chi connectivity index (χ3n) is 2.21. The number of nitrogens with one attached hydrogen (secondary N) is 1. The molecule has 5 heteroatoms. The van der Waals surface area contributed by atoms with E-state index in [-0.39, 0.29) is 0 Å². The van der Waals surface area contributed by atoms with Gasteiger partial charge in [-0.25, -0.2) is 4.68 Å². The van der Waals surface area contributed by atoms with Crippen LogP contribution in [0.4, 0.5) is 0 Å². The minimum absolute atomic E-state index is 0.581. The van der Waals surface area contributed by atoms with E-state index < -0.39 is 0 Å². The number of hydrogen-bond donors (Lipinski definition) is 1. The Morgan fingerprint density at radius 1 is 1.53 bits per heavy atom. The molecule has 0 aliphatic rings. The van der Waals surface area contributed by atoms with Crippen molar-refractivity contribution in [2.75, 3.05) is 7.05 Å². The van der Waals surface area contributed by atoms with Crippen LogP contribution in [0.15, 0.2) is 23.2 Å². The predicted octanol–water partition coefficient (Wildman–Crippen LogP) is 0.945. The molecule has 15 heavy (non-hydrogen) atoms. The van der Waals surface area contributed by atoms with Gasteiger partial charge in [0.05, 0.1) is 11.9 Å². The Morgan fingerprint density at radius 2 is 2.40 bits per heavy atom. The molecular weight excluding hydrogens is 190 g/mol. The third-order valence-corrected chi connectivity index (χ3v) is 2.21. The second-order valence-corrected chi connectivity index (χ2v) is 3.28. The minimum atomic E-state index is 0.581. The first-order valence-corrected chi connectivity index (χ1v) is 4.76. The standard InChI is InChI=1S/C10H13N5/c1-8-4-3-5-9-10(8)13-14-15(9)7-12-6-11-2/h3-6H,7H2,1-2H3,(H,11,12). The number of aryl methyl sites for hydroxylation is 1. The predicted molar refractivity (Wildman–Crippen MR) is 59.8 cm³/mol. The molecule has 0 spiro atoms. The number of nitrogens with zero attached hydrogens (tertiary/aromatic N) is 4. The normalized spacial score (nSPS) is 11.3. The largest absolute Gasteiger partial charge is 0.357 e. The highest BCUT2D eigenvalue weighted by Gasteiger charge is 2.04. The Kier molecular flexibility index (Phi) is 2.62. The van der Waals surface area contributed by atoms with Gasteiger partial charge in [-0.15, -0.1) is 5.10 Å². The minimum Gasteiger partial charge on any atom is -0.357 e. The van der Waals surface area contributed by atoms with Gasteiger partial charge >= 0.3 is 0 Å². The molecule has 0 unspecified atom stereocenters. The molecule has 1 aromatic heterocycles. The highest BCUT2D eigenvalue weighted by atomic mass is 15.4. The van der Waals surface area contributed by atoms with Gasteiger partial charge < -0.3 is 5.32 Å². The van der Waals surface area contributed by atoms with Crippen molar-refractivity contribution in [1.82, 2.24) is 20.3 Å². The molecule has 0 saturated heterocycles. The molecule has 2 aromatic rings. The Morgan fingerprint density at radius 3 is 3.20 bits per heavy atom. The molecule has 78 valence electrons. The third kappa shape index (κ3) is 1.81. The van der Waals surface area contributed by atoms with Crippen LogP contribution in [0.5, 0.6) is 0 Å². The first-order valence-electron chi connectivity index (χ1n) is 4.76. The quantitative estimate of drug-likeness (QED) is 0.596. The lowest BCUT2D eigenvalue weighted by molar-refractivity contribution is 0.588. The summed E-state index contributed by atoms with van der Waals surface area (Å²) in [6, 6.07) is 6.04. The highest BCUT2D eigenvalue weighted by Crippen LogP contribution is 2.13. The van der Waals surface area contributed by atoms with Crippen LogP contribution in [0, 0.1) is 6.92 Å². The van der Waals surface area contributed by atoms with Crippen LogP contribution < -0.4 is 5.32 Å². The first-order chi connectivity index (χ1) is 7.33. The Bertz CT molecular complexity index is 486. The van der Waals surface area contributed by atoms with Gasteiger partial charge in [0.2, 0.25) is 0 Å². The lowest BCUT2D eigenvalue weighted by Gasteiger charge is -2.01. The molecule has 0 aliphatic carbocycles. The maximum absolute atomic E-state index is 4.13. The fourth-order valence-corrected chi connectivity index (χ4v) is 1.46. The maximum atomic E-state index is 4.13. The molecule has 0 saturated carbocycles. The van der Waals surface area contributed by atoms with Crippen LogP contribution in [0.3, 0.4) is 0 Å². The second-order valence-electron chi connectivity index (χ2n) is 3.28. The number of aliphatic imine (C=N–C) groups is 1. The van der Waals surface area contributed by atoms with Gasteiger partial charge in [0.15, 0.2) is 0 Å². The zero-order chi connectivity index (χ0) is 10.7. The summed E-state index contributed by atoms with van der Waals surface area (Å²) in [5, 5.41) is 11.2. The summed E-state index contributed by atoms with van der Waals surface area (Å²) < 4.78 is 1.81. The number of rotatable bonds is 3. The summed E-state index contributed by atoms with van der Waals surface area (Å²) in [5.41, 5.74) is 3.13. The second kappa shape index (κ2) is 4.08. The highest BCUT2D eigenvalue weighted by molar-refractivity contribution is 5.77. The average Bonchev–Trinajstić information content (AvgIpc) is 2.64. The van der Waals surface area contributed by atoms with E-state index in [9.17, 15) is 0 Å². The van der Waals surface area contributed by atoms with E-state index in [0.717, 1.165) is 16.6 Å². The number of benzene rings is 1. The summed E-state index contributed by atoms with van der Waals surface area (Å²) in [7, 11) is 1.72. The SMILES string of the molecule is CN=CNCn1nnc2c(C)cccc21. The van der Waals surface area contributed by atoms with Crippen molar-refractivity contribution in [2.45, 2.75) is 13.6 Å². The lowest BCUT2D eigenvalue weighted by atomic mass is 10.2. The maximum Gasteiger partial charge on any atom is 0.116 e. The lowest BCUT2D eigenvalue weighted by Crippen LogP contribution is -2.17. The Hall–Kier alpha value is -1.91.